The van der Waals surface area contributed by atoms with Crippen LogP contribution in [0, 0.1) is 12.3 Å². The van der Waals surface area contributed by atoms with E-state index in [4.69, 9.17) is 32.2 Å². The molecule has 3 nitrogen and oxygen atoms in total. The number of halogens is 1. The molecule has 4 heteroatoms. The van der Waals surface area contributed by atoms with E-state index in [1.165, 1.54) is 11.1 Å². The molecule has 0 saturated heterocycles. The van der Waals surface area contributed by atoms with E-state index in [0.717, 1.165) is 24.3 Å². The van der Waals surface area contributed by atoms with E-state index in [1.54, 1.807) is 0 Å². The van der Waals surface area contributed by atoms with Crippen molar-refractivity contribution in [3.05, 3.63) is 59.7 Å². The second-order valence-corrected chi connectivity index (χ2v) is 7.40. The van der Waals surface area contributed by atoms with Gasteiger partial charge in [-0.1, -0.05) is 44.0 Å². The SMILES string of the molecule is C#CCOCCCOc1ccc(C(C)(C)c2ccc(OCCCCl)cc2)cc1. The van der Waals surface area contributed by atoms with Crippen LogP contribution in [0.3, 0.4) is 0 Å². The summed E-state index contributed by atoms with van der Waals surface area (Å²) in [6.45, 7) is 6.65. The van der Waals surface area contributed by atoms with Gasteiger partial charge in [-0.05, 0) is 41.8 Å². The highest BCUT2D eigenvalue weighted by Gasteiger charge is 2.23. The van der Waals surface area contributed by atoms with E-state index >= 15 is 0 Å². The standard InChI is InChI=1S/C24H29ClO3/c1-4-16-26-17-6-19-28-23-13-9-21(10-14-23)24(2,3)20-7-11-22(12-8-20)27-18-5-15-25/h1,7-14H,5-6,15-19H2,2-3H3. The van der Waals surface area contributed by atoms with Crippen LogP contribution >= 0.6 is 11.6 Å². The summed E-state index contributed by atoms with van der Waals surface area (Å²) in [5.74, 6) is 4.80. The molecule has 0 amide bonds. The predicted molar refractivity (Wildman–Crippen MR) is 116 cm³/mol. The van der Waals surface area contributed by atoms with Gasteiger partial charge in [0, 0.05) is 17.7 Å². The lowest BCUT2D eigenvalue weighted by Crippen LogP contribution is -2.18. The maximum atomic E-state index is 5.76. The highest BCUT2D eigenvalue weighted by molar-refractivity contribution is 6.17. The minimum atomic E-state index is -0.115. The zero-order valence-electron chi connectivity index (χ0n) is 16.7. The zero-order chi connectivity index (χ0) is 20.2. The molecule has 0 unspecified atom stereocenters. The first-order chi connectivity index (χ1) is 13.6. The number of benzene rings is 2. The third-order valence-corrected chi connectivity index (χ3v) is 4.85. The van der Waals surface area contributed by atoms with E-state index in [1.807, 2.05) is 24.3 Å². The fourth-order valence-electron chi connectivity index (χ4n) is 2.83. The summed E-state index contributed by atoms with van der Waals surface area (Å²) in [5, 5.41) is 0. The van der Waals surface area contributed by atoms with Crippen molar-refractivity contribution < 1.29 is 14.2 Å². The van der Waals surface area contributed by atoms with Gasteiger partial charge in [0.15, 0.2) is 0 Å². The summed E-state index contributed by atoms with van der Waals surface area (Å²) in [7, 11) is 0. The Kier molecular flexibility index (Phi) is 9.20. The minimum Gasteiger partial charge on any atom is -0.494 e. The van der Waals surface area contributed by atoms with Crippen LogP contribution in [0.1, 0.15) is 37.8 Å². The molecule has 0 atom stereocenters. The molecular formula is C24H29ClO3. The molecule has 150 valence electrons. The molecule has 0 aliphatic rings. The Morgan fingerprint density at radius 2 is 1.32 bits per heavy atom. The Hall–Kier alpha value is -2.15. The number of alkyl halides is 1. The van der Waals surface area contributed by atoms with Crippen molar-refractivity contribution in [2.45, 2.75) is 32.1 Å². The Balaban J connectivity index is 1.91. The van der Waals surface area contributed by atoms with Gasteiger partial charge in [0.2, 0.25) is 0 Å². The first-order valence-corrected chi connectivity index (χ1v) is 10.1. The molecule has 0 saturated carbocycles. The first-order valence-electron chi connectivity index (χ1n) is 9.62. The van der Waals surface area contributed by atoms with E-state index in [9.17, 15) is 0 Å². The fourth-order valence-corrected chi connectivity index (χ4v) is 2.94. The van der Waals surface area contributed by atoms with Crippen molar-refractivity contribution in [1.29, 1.82) is 0 Å². The predicted octanol–water partition coefficient (Wildman–Crippen LogP) is 5.44. The van der Waals surface area contributed by atoms with E-state index in [2.05, 4.69) is 44.0 Å². The second kappa shape index (κ2) is 11.6. The number of hydrogen-bond acceptors (Lipinski definition) is 3. The van der Waals surface area contributed by atoms with Crippen LogP contribution in [0.15, 0.2) is 48.5 Å². The summed E-state index contributed by atoms with van der Waals surface area (Å²) in [6.07, 6.45) is 6.80. The lowest BCUT2D eigenvalue weighted by Gasteiger charge is -2.26. The molecule has 0 aliphatic carbocycles. The lowest BCUT2D eigenvalue weighted by atomic mass is 9.78. The topological polar surface area (TPSA) is 27.7 Å². The van der Waals surface area contributed by atoms with Gasteiger partial charge in [-0.15, -0.1) is 18.0 Å². The van der Waals surface area contributed by atoms with Gasteiger partial charge in [0.25, 0.3) is 0 Å². The van der Waals surface area contributed by atoms with Crippen molar-refractivity contribution in [3.63, 3.8) is 0 Å². The average Bonchev–Trinajstić information content (AvgIpc) is 2.71. The molecule has 0 bridgehead atoms. The highest BCUT2D eigenvalue weighted by Crippen LogP contribution is 2.33. The van der Waals surface area contributed by atoms with Gasteiger partial charge in [0.05, 0.1) is 19.8 Å². The van der Waals surface area contributed by atoms with Gasteiger partial charge >= 0.3 is 0 Å². The Bertz CT molecular complexity index is 730. The Labute approximate surface area is 174 Å². The average molecular weight is 401 g/mol. The minimum absolute atomic E-state index is 0.115. The largest absolute Gasteiger partial charge is 0.494 e. The van der Waals surface area contributed by atoms with Crippen LogP contribution in [0.4, 0.5) is 0 Å². The smallest absolute Gasteiger partial charge is 0.119 e. The lowest BCUT2D eigenvalue weighted by molar-refractivity contribution is 0.147. The normalized spacial score (nSPS) is 11.1. The summed E-state index contributed by atoms with van der Waals surface area (Å²) >= 11 is 5.68. The van der Waals surface area contributed by atoms with Crippen LogP contribution in [0.2, 0.25) is 0 Å². The van der Waals surface area contributed by atoms with Crippen molar-refractivity contribution >= 4 is 11.6 Å². The van der Waals surface area contributed by atoms with Crippen molar-refractivity contribution in [2.75, 3.05) is 32.3 Å². The summed E-state index contributed by atoms with van der Waals surface area (Å²) in [6, 6.07) is 16.6. The molecule has 0 radical (unpaired) electrons. The summed E-state index contributed by atoms with van der Waals surface area (Å²) in [5.41, 5.74) is 2.35. The molecule has 0 spiro atoms. The highest BCUT2D eigenvalue weighted by atomic mass is 35.5. The third-order valence-electron chi connectivity index (χ3n) is 4.59. The number of rotatable bonds is 12. The first kappa shape index (κ1) is 22.1. The quantitative estimate of drug-likeness (QED) is 0.270. The van der Waals surface area contributed by atoms with Crippen molar-refractivity contribution in [1.82, 2.24) is 0 Å². The molecule has 0 fully saturated rings. The molecule has 0 aromatic heterocycles. The third kappa shape index (κ3) is 6.78. The summed E-state index contributed by atoms with van der Waals surface area (Å²) in [4.78, 5) is 0. The van der Waals surface area contributed by atoms with E-state index in [-0.39, 0.29) is 5.41 Å². The molecule has 2 aromatic rings. The number of ether oxygens (including phenoxy) is 3. The fraction of sp³-hybridized carbons (Fsp3) is 0.417. The van der Waals surface area contributed by atoms with Crippen LogP contribution in [-0.2, 0) is 10.2 Å². The summed E-state index contributed by atoms with van der Waals surface area (Å²) < 4.78 is 16.7. The van der Waals surface area contributed by atoms with Crippen LogP contribution < -0.4 is 9.47 Å². The molecule has 2 rings (SSSR count). The molecule has 0 heterocycles. The van der Waals surface area contributed by atoms with Crippen LogP contribution in [0.5, 0.6) is 11.5 Å². The number of hydrogen-bond donors (Lipinski definition) is 0. The molecule has 0 N–H and O–H groups in total. The Morgan fingerprint density at radius 1 is 0.821 bits per heavy atom. The van der Waals surface area contributed by atoms with Gasteiger partial charge in [0.1, 0.15) is 18.1 Å². The van der Waals surface area contributed by atoms with Gasteiger partial charge in [-0.25, -0.2) is 0 Å². The van der Waals surface area contributed by atoms with Crippen LogP contribution in [-0.4, -0.2) is 32.3 Å². The van der Waals surface area contributed by atoms with Gasteiger partial charge in [-0.2, -0.15) is 0 Å². The van der Waals surface area contributed by atoms with E-state index < -0.39 is 0 Å². The van der Waals surface area contributed by atoms with Gasteiger partial charge in [-0.3, -0.25) is 0 Å². The van der Waals surface area contributed by atoms with Crippen molar-refractivity contribution in [3.8, 4) is 23.8 Å². The van der Waals surface area contributed by atoms with E-state index in [0.29, 0.717) is 32.3 Å². The zero-order valence-corrected chi connectivity index (χ0v) is 17.5. The monoisotopic (exact) mass is 400 g/mol. The molecule has 0 aliphatic heterocycles. The van der Waals surface area contributed by atoms with Crippen LogP contribution in [0.25, 0.3) is 0 Å². The Morgan fingerprint density at radius 3 is 1.79 bits per heavy atom. The number of terminal acetylenes is 1. The maximum Gasteiger partial charge on any atom is 0.119 e. The maximum absolute atomic E-state index is 5.76. The molecule has 2 aromatic carbocycles. The molecule has 28 heavy (non-hydrogen) atoms. The van der Waals surface area contributed by atoms with Crippen molar-refractivity contribution in [2.24, 2.45) is 0 Å². The second-order valence-electron chi connectivity index (χ2n) is 7.02. The van der Waals surface area contributed by atoms with Gasteiger partial charge < -0.3 is 14.2 Å². The molecular weight excluding hydrogens is 372 g/mol.